The van der Waals surface area contributed by atoms with Crippen molar-refractivity contribution in [2.24, 2.45) is 5.73 Å². The Morgan fingerprint density at radius 3 is 3.00 bits per heavy atom. The van der Waals surface area contributed by atoms with Crippen LogP contribution in [0.1, 0.15) is 24.4 Å². The van der Waals surface area contributed by atoms with Crippen molar-refractivity contribution in [3.8, 4) is 0 Å². The fourth-order valence-electron chi connectivity index (χ4n) is 1.76. The minimum atomic E-state index is 0. The Kier molecular flexibility index (Phi) is 4.31. The summed E-state index contributed by atoms with van der Waals surface area (Å²) in [7, 11) is 0. The molecule has 2 N–H and O–H groups in total. The maximum absolute atomic E-state index is 5.86. The van der Waals surface area contributed by atoms with Crippen LogP contribution in [0.5, 0.6) is 0 Å². The molecule has 1 aliphatic rings. The van der Waals surface area contributed by atoms with Gasteiger partial charge in [-0.05, 0) is 13.3 Å². The van der Waals surface area contributed by atoms with E-state index in [2.05, 4.69) is 16.8 Å². The van der Waals surface area contributed by atoms with Gasteiger partial charge in [-0.15, -0.1) is 23.7 Å². The number of halogens is 1. The van der Waals surface area contributed by atoms with Crippen LogP contribution in [0, 0.1) is 0 Å². The zero-order chi connectivity index (χ0) is 9.26. The van der Waals surface area contributed by atoms with E-state index in [4.69, 9.17) is 5.73 Å². The zero-order valence-corrected chi connectivity index (χ0v) is 9.85. The summed E-state index contributed by atoms with van der Waals surface area (Å²) in [5.41, 5.74) is 5.86. The normalized spacial score (nSPS) is 24.6. The first-order chi connectivity index (χ1) is 6.27. The maximum Gasteiger partial charge on any atom is 0.109 e. The molecule has 2 unspecified atom stereocenters. The van der Waals surface area contributed by atoms with Gasteiger partial charge in [0.15, 0.2) is 0 Å². The van der Waals surface area contributed by atoms with E-state index >= 15 is 0 Å². The van der Waals surface area contributed by atoms with Crippen LogP contribution in [0.25, 0.3) is 0 Å². The Bertz CT molecular complexity index is 265. The van der Waals surface area contributed by atoms with Gasteiger partial charge in [0.05, 0.1) is 6.04 Å². The molecule has 0 radical (unpaired) electrons. The zero-order valence-electron chi connectivity index (χ0n) is 8.22. The summed E-state index contributed by atoms with van der Waals surface area (Å²) >= 11 is 1.73. The Labute approximate surface area is 94.7 Å². The van der Waals surface area contributed by atoms with E-state index in [-0.39, 0.29) is 12.4 Å². The lowest BCUT2D eigenvalue weighted by Crippen LogP contribution is -2.28. The van der Waals surface area contributed by atoms with Crippen LogP contribution >= 0.6 is 23.7 Å². The van der Waals surface area contributed by atoms with Crippen LogP contribution < -0.4 is 5.73 Å². The Morgan fingerprint density at radius 1 is 1.71 bits per heavy atom. The molecule has 1 aromatic heterocycles. The van der Waals surface area contributed by atoms with Crippen molar-refractivity contribution in [2.75, 3.05) is 13.1 Å². The topological polar surface area (TPSA) is 42.2 Å². The highest BCUT2D eigenvalue weighted by Crippen LogP contribution is 2.25. The van der Waals surface area contributed by atoms with Crippen molar-refractivity contribution < 1.29 is 0 Å². The fraction of sp³-hybridized carbons (Fsp3) is 0.667. The third-order valence-corrected chi connectivity index (χ3v) is 3.56. The molecule has 0 aromatic carbocycles. The van der Waals surface area contributed by atoms with E-state index in [0.717, 1.165) is 19.5 Å². The molecule has 80 valence electrons. The molecule has 0 bridgehead atoms. The molecule has 14 heavy (non-hydrogen) atoms. The van der Waals surface area contributed by atoms with Gasteiger partial charge in [-0.2, -0.15) is 0 Å². The van der Waals surface area contributed by atoms with E-state index in [1.165, 1.54) is 5.01 Å². The Balaban J connectivity index is 0.000000980. The number of nitrogens with zero attached hydrogens (tertiary/aromatic N) is 2. The van der Waals surface area contributed by atoms with Gasteiger partial charge >= 0.3 is 0 Å². The number of aromatic nitrogens is 1. The first-order valence-electron chi connectivity index (χ1n) is 4.66. The van der Waals surface area contributed by atoms with Crippen LogP contribution in [-0.2, 0) is 0 Å². The lowest BCUT2D eigenvalue weighted by atomic mass is 10.3. The predicted molar refractivity (Wildman–Crippen MR) is 61.9 cm³/mol. The molecular weight excluding hydrogens is 218 g/mol. The first-order valence-corrected chi connectivity index (χ1v) is 5.54. The van der Waals surface area contributed by atoms with Crippen LogP contribution in [0.3, 0.4) is 0 Å². The lowest BCUT2D eigenvalue weighted by Gasteiger charge is -2.21. The molecule has 1 aromatic rings. The van der Waals surface area contributed by atoms with E-state index in [1.54, 1.807) is 11.3 Å². The highest BCUT2D eigenvalue weighted by Gasteiger charge is 2.25. The van der Waals surface area contributed by atoms with Gasteiger partial charge in [0.2, 0.25) is 0 Å². The first kappa shape index (κ1) is 11.9. The summed E-state index contributed by atoms with van der Waals surface area (Å²) < 4.78 is 0. The molecule has 0 amide bonds. The molecular formula is C9H16ClN3S. The molecule has 1 saturated heterocycles. The molecule has 2 atom stereocenters. The lowest BCUT2D eigenvalue weighted by molar-refractivity contribution is 0.259. The van der Waals surface area contributed by atoms with E-state index in [1.807, 2.05) is 11.6 Å². The molecule has 1 fully saturated rings. The summed E-state index contributed by atoms with van der Waals surface area (Å²) in [5, 5.41) is 3.23. The van der Waals surface area contributed by atoms with Crippen molar-refractivity contribution in [3.05, 3.63) is 16.6 Å². The van der Waals surface area contributed by atoms with Crippen LogP contribution in [0.4, 0.5) is 0 Å². The molecule has 1 aliphatic heterocycles. The summed E-state index contributed by atoms with van der Waals surface area (Å²) in [6, 6.07) is 0.802. The van der Waals surface area contributed by atoms with Gasteiger partial charge in [-0.3, -0.25) is 4.90 Å². The smallest absolute Gasteiger partial charge is 0.109 e. The molecule has 0 saturated carbocycles. The molecule has 3 nitrogen and oxygen atoms in total. The number of rotatable bonds is 2. The van der Waals surface area contributed by atoms with E-state index in [0.29, 0.717) is 12.1 Å². The second kappa shape index (κ2) is 5.07. The van der Waals surface area contributed by atoms with Gasteiger partial charge in [0.1, 0.15) is 5.01 Å². The highest BCUT2D eigenvalue weighted by atomic mass is 35.5. The molecule has 5 heteroatoms. The second-order valence-electron chi connectivity index (χ2n) is 3.59. The minimum absolute atomic E-state index is 0. The third-order valence-electron chi connectivity index (χ3n) is 2.61. The monoisotopic (exact) mass is 233 g/mol. The molecule has 0 spiro atoms. The summed E-state index contributed by atoms with van der Waals surface area (Å²) in [5.74, 6) is 0. The predicted octanol–water partition coefficient (Wildman–Crippen LogP) is 1.66. The maximum atomic E-state index is 5.86. The highest BCUT2D eigenvalue weighted by molar-refractivity contribution is 7.09. The standard InChI is InChI=1S/C9H15N3S.ClH/c1-7(9-11-3-5-13-9)12-4-2-8(10)6-12;/h3,5,7-8H,2,4,6,10H2,1H3;1H. The second-order valence-corrected chi connectivity index (χ2v) is 4.52. The largest absolute Gasteiger partial charge is 0.326 e. The average Bonchev–Trinajstić information content (AvgIpc) is 2.72. The summed E-state index contributed by atoms with van der Waals surface area (Å²) in [6.07, 6.45) is 2.99. The summed E-state index contributed by atoms with van der Waals surface area (Å²) in [4.78, 5) is 6.73. The molecule has 0 aliphatic carbocycles. The van der Waals surface area contributed by atoms with Gasteiger partial charge in [0.25, 0.3) is 0 Å². The number of nitrogens with two attached hydrogens (primary N) is 1. The number of hydrogen-bond acceptors (Lipinski definition) is 4. The fourth-order valence-corrected chi connectivity index (χ4v) is 2.49. The third kappa shape index (κ3) is 2.45. The minimum Gasteiger partial charge on any atom is -0.326 e. The van der Waals surface area contributed by atoms with Crippen molar-refractivity contribution in [1.29, 1.82) is 0 Å². The van der Waals surface area contributed by atoms with Crippen molar-refractivity contribution in [1.82, 2.24) is 9.88 Å². The Morgan fingerprint density at radius 2 is 2.50 bits per heavy atom. The quantitative estimate of drug-likeness (QED) is 0.845. The van der Waals surface area contributed by atoms with Crippen LogP contribution in [-0.4, -0.2) is 29.0 Å². The van der Waals surface area contributed by atoms with Gasteiger partial charge in [-0.1, -0.05) is 0 Å². The van der Waals surface area contributed by atoms with Crippen LogP contribution in [0.2, 0.25) is 0 Å². The average molecular weight is 234 g/mol. The number of thiazole rings is 1. The SMILES string of the molecule is CC(c1nccs1)N1CCC(N)C1.Cl. The van der Waals surface area contributed by atoms with Gasteiger partial charge in [0, 0.05) is 30.7 Å². The van der Waals surface area contributed by atoms with Gasteiger partial charge < -0.3 is 5.73 Å². The number of likely N-dealkylation sites (tertiary alicyclic amines) is 1. The summed E-state index contributed by atoms with van der Waals surface area (Å²) in [6.45, 7) is 4.33. The Hall–Kier alpha value is -0.160. The molecule has 2 heterocycles. The van der Waals surface area contributed by atoms with Gasteiger partial charge in [-0.25, -0.2) is 4.98 Å². The van der Waals surface area contributed by atoms with Crippen molar-refractivity contribution in [3.63, 3.8) is 0 Å². The van der Waals surface area contributed by atoms with Crippen molar-refractivity contribution >= 4 is 23.7 Å². The number of hydrogen-bond donors (Lipinski definition) is 1. The van der Waals surface area contributed by atoms with E-state index < -0.39 is 0 Å². The van der Waals surface area contributed by atoms with Crippen LogP contribution in [0.15, 0.2) is 11.6 Å². The van der Waals surface area contributed by atoms with E-state index in [9.17, 15) is 0 Å². The van der Waals surface area contributed by atoms with Crippen molar-refractivity contribution in [2.45, 2.75) is 25.4 Å². The molecule has 2 rings (SSSR count).